The molecule has 0 aromatic heterocycles. The second-order valence-electron chi connectivity index (χ2n) is 4.42. The zero-order valence-electron chi connectivity index (χ0n) is 11.4. The average Bonchev–Trinajstić information content (AvgIpc) is 2.41. The summed E-state index contributed by atoms with van der Waals surface area (Å²) in [6.45, 7) is 0. The van der Waals surface area contributed by atoms with Gasteiger partial charge in [0.1, 0.15) is 11.3 Å². The van der Waals surface area contributed by atoms with Crippen molar-refractivity contribution in [3.8, 4) is 5.75 Å². The smallest absolute Gasteiger partial charge is 0.432 e. The summed E-state index contributed by atoms with van der Waals surface area (Å²) in [5, 5.41) is 3.63. The zero-order valence-corrected chi connectivity index (χ0v) is 12.2. The van der Waals surface area contributed by atoms with Gasteiger partial charge in [-0.1, -0.05) is 17.9 Å². The van der Waals surface area contributed by atoms with E-state index in [2.05, 4.69) is 4.74 Å². The number of alkyl halides is 5. The first-order valence-electron chi connectivity index (χ1n) is 5.86. The van der Waals surface area contributed by atoms with Crippen molar-refractivity contribution in [2.24, 2.45) is 0 Å². The van der Waals surface area contributed by atoms with Crippen LogP contribution in [0.15, 0.2) is 18.2 Å². The van der Waals surface area contributed by atoms with Gasteiger partial charge in [0.2, 0.25) is 0 Å². The molecule has 0 bridgehead atoms. The standard InChI is InChI=1S/C11H8BF5O6S/c12-4-5-1-2-6(7(18)3-5)8(19)23-9(10(13,14)15)11(16,17)24(20,21)22/h1-3,9,18H,4H2,(H,20,21,22). The molecular weight excluding hydrogens is 366 g/mol. The number of phenolic OH excluding ortho intramolecular Hbond substituents is 1. The van der Waals surface area contributed by atoms with Gasteiger partial charge in [-0.25, -0.2) is 4.79 Å². The largest absolute Gasteiger partial charge is 0.507 e. The fourth-order valence-corrected chi connectivity index (χ4v) is 1.96. The monoisotopic (exact) mass is 374 g/mol. The van der Waals surface area contributed by atoms with E-state index < -0.39 is 44.9 Å². The van der Waals surface area contributed by atoms with Gasteiger partial charge in [-0.3, -0.25) is 4.55 Å². The third-order valence-electron chi connectivity index (χ3n) is 2.69. The third-order valence-corrected chi connectivity index (χ3v) is 3.59. The molecule has 1 aromatic rings. The van der Waals surface area contributed by atoms with Crippen LogP contribution in [0.1, 0.15) is 15.9 Å². The molecule has 2 radical (unpaired) electrons. The molecule has 1 rings (SSSR count). The molecule has 1 aromatic carbocycles. The number of carbonyl (C=O) groups excluding carboxylic acids is 1. The van der Waals surface area contributed by atoms with Gasteiger partial charge in [-0.05, 0) is 12.1 Å². The highest BCUT2D eigenvalue weighted by atomic mass is 32.2. The lowest BCUT2D eigenvalue weighted by atomic mass is 9.96. The van der Waals surface area contributed by atoms with Crippen LogP contribution in [0.2, 0.25) is 0 Å². The number of hydrogen-bond donors (Lipinski definition) is 2. The number of halogens is 5. The lowest BCUT2D eigenvalue weighted by Crippen LogP contribution is -2.52. The number of ether oxygens (including phenoxy) is 1. The molecule has 13 heteroatoms. The van der Waals surface area contributed by atoms with Crippen molar-refractivity contribution in [1.82, 2.24) is 0 Å². The van der Waals surface area contributed by atoms with Crippen LogP contribution in [-0.4, -0.2) is 49.4 Å². The van der Waals surface area contributed by atoms with E-state index in [-0.39, 0.29) is 11.9 Å². The van der Waals surface area contributed by atoms with E-state index in [1.54, 1.807) is 0 Å². The molecule has 0 saturated carbocycles. The molecule has 2 N–H and O–H groups in total. The van der Waals surface area contributed by atoms with E-state index >= 15 is 0 Å². The molecule has 0 heterocycles. The van der Waals surface area contributed by atoms with Gasteiger partial charge >= 0.3 is 27.5 Å². The van der Waals surface area contributed by atoms with Crippen molar-refractivity contribution in [2.45, 2.75) is 23.9 Å². The Morgan fingerprint density at radius 2 is 1.79 bits per heavy atom. The fourth-order valence-electron chi connectivity index (χ4n) is 1.51. The number of esters is 1. The number of phenols is 1. The Kier molecular flexibility index (Phi) is 5.50. The van der Waals surface area contributed by atoms with Gasteiger partial charge in [-0.2, -0.15) is 30.4 Å². The Bertz CT molecular complexity index is 733. The second kappa shape index (κ2) is 6.55. The van der Waals surface area contributed by atoms with Crippen molar-refractivity contribution in [2.75, 3.05) is 0 Å². The molecule has 0 aliphatic carbocycles. The number of aromatic hydroxyl groups is 1. The highest BCUT2D eigenvalue weighted by Crippen LogP contribution is 2.38. The molecule has 1 unspecified atom stereocenters. The molecule has 0 amide bonds. The third kappa shape index (κ3) is 4.14. The van der Waals surface area contributed by atoms with Gasteiger partial charge in [0, 0.05) is 0 Å². The van der Waals surface area contributed by atoms with Crippen LogP contribution < -0.4 is 0 Å². The quantitative estimate of drug-likeness (QED) is 0.352. The van der Waals surface area contributed by atoms with Crippen LogP contribution in [-0.2, 0) is 21.2 Å². The number of hydrogen-bond acceptors (Lipinski definition) is 5. The number of carbonyl (C=O) groups is 1. The highest BCUT2D eigenvalue weighted by molar-refractivity contribution is 7.86. The Balaban J connectivity index is 3.24. The molecule has 0 aliphatic heterocycles. The van der Waals surface area contributed by atoms with Crippen LogP contribution in [0.5, 0.6) is 5.75 Å². The van der Waals surface area contributed by atoms with E-state index in [1.165, 1.54) is 0 Å². The maximum absolute atomic E-state index is 13.3. The predicted molar refractivity (Wildman–Crippen MR) is 69.3 cm³/mol. The Morgan fingerprint density at radius 3 is 2.17 bits per heavy atom. The predicted octanol–water partition coefficient (Wildman–Crippen LogP) is 1.63. The van der Waals surface area contributed by atoms with Gasteiger partial charge in [0.15, 0.2) is 0 Å². The zero-order chi connectivity index (χ0) is 18.9. The van der Waals surface area contributed by atoms with Crippen LogP contribution in [0.4, 0.5) is 22.0 Å². The summed E-state index contributed by atoms with van der Waals surface area (Å²) < 4.78 is 97.1. The van der Waals surface area contributed by atoms with Crippen LogP contribution in [0, 0.1) is 0 Å². The second-order valence-corrected chi connectivity index (χ2v) is 5.91. The normalized spacial score (nSPS) is 14.2. The molecule has 1 atom stereocenters. The van der Waals surface area contributed by atoms with Crippen molar-refractivity contribution >= 4 is 23.9 Å². The van der Waals surface area contributed by atoms with Crippen molar-refractivity contribution in [3.05, 3.63) is 29.3 Å². The number of benzene rings is 1. The minimum atomic E-state index is -6.54. The van der Waals surface area contributed by atoms with E-state index in [0.29, 0.717) is 0 Å². The highest BCUT2D eigenvalue weighted by Gasteiger charge is 2.66. The summed E-state index contributed by atoms with van der Waals surface area (Å²) in [6, 6.07) is 2.72. The Labute approximate surface area is 133 Å². The Hall–Kier alpha value is -1.89. The summed E-state index contributed by atoms with van der Waals surface area (Å²) in [7, 11) is -1.32. The van der Waals surface area contributed by atoms with E-state index in [0.717, 1.165) is 18.2 Å². The molecule has 6 nitrogen and oxygen atoms in total. The van der Waals surface area contributed by atoms with E-state index in [9.17, 15) is 40.3 Å². The van der Waals surface area contributed by atoms with Crippen LogP contribution in [0.3, 0.4) is 0 Å². The van der Waals surface area contributed by atoms with E-state index in [4.69, 9.17) is 12.4 Å². The molecule has 0 saturated heterocycles. The summed E-state index contributed by atoms with van der Waals surface area (Å²) in [6.07, 6.45) is -10.6. The molecule has 0 fully saturated rings. The lowest BCUT2D eigenvalue weighted by Gasteiger charge is -2.26. The summed E-state index contributed by atoms with van der Waals surface area (Å²) in [5.74, 6) is -3.00. The van der Waals surface area contributed by atoms with Crippen LogP contribution >= 0.6 is 0 Å². The minimum Gasteiger partial charge on any atom is -0.507 e. The first-order chi connectivity index (χ1) is 10.7. The first kappa shape index (κ1) is 20.2. The van der Waals surface area contributed by atoms with Crippen LogP contribution in [0.25, 0.3) is 0 Å². The fraction of sp³-hybridized carbons (Fsp3) is 0.364. The van der Waals surface area contributed by atoms with Gasteiger partial charge in [-0.15, -0.1) is 0 Å². The van der Waals surface area contributed by atoms with Gasteiger partial charge < -0.3 is 9.84 Å². The van der Waals surface area contributed by atoms with Gasteiger partial charge in [0.25, 0.3) is 6.10 Å². The maximum atomic E-state index is 13.3. The Morgan fingerprint density at radius 1 is 1.25 bits per heavy atom. The van der Waals surface area contributed by atoms with Crippen molar-refractivity contribution in [1.29, 1.82) is 0 Å². The number of rotatable bonds is 5. The average molecular weight is 374 g/mol. The molecule has 0 aliphatic rings. The van der Waals surface area contributed by atoms with Gasteiger partial charge in [0.05, 0.1) is 7.85 Å². The molecule has 0 spiro atoms. The maximum Gasteiger partial charge on any atom is 0.432 e. The molecular formula is C11H8BF5O6S. The summed E-state index contributed by atoms with van der Waals surface area (Å²) >= 11 is 0. The SMILES string of the molecule is [B]Cc1ccc(C(=O)OC(C(F)(F)F)C(F)(F)S(=O)(=O)O)c(O)c1. The summed E-state index contributed by atoms with van der Waals surface area (Å²) in [5.41, 5.74) is -0.674. The molecule has 132 valence electrons. The molecule has 24 heavy (non-hydrogen) atoms. The van der Waals surface area contributed by atoms with E-state index in [1.807, 2.05) is 0 Å². The summed E-state index contributed by atoms with van der Waals surface area (Å²) in [4.78, 5) is 11.6. The van der Waals surface area contributed by atoms with Crippen molar-refractivity contribution < 1.29 is 49.6 Å². The minimum absolute atomic E-state index is 0.102. The topological polar surface area (TPSA) is 101 Å². The van der Waals surface area contributed by atoms with Crippen molar-refractivity contribution in [3.63, 3.8) is 0 Å². The lowest BCUT2D eigenvalue weighted by molar-refractivity contribution is -0.248. The first-order valence-corrected chi connectivity index (χ1v) is 7.30.